The van der Waals surface area contributed by atoms with Crippen molar-refractivity contribution in [3.63, 3.8) is 0 Å². The monoisotopic (exact) mass is 513 g/mol. The van der Waals surface area contributed by atoms with Crippen LogP contribution in [0.15, 0.2) is 66.9 Å². The van der Waals surface area contributed by atoms with Gasteiger partial charge in [0.25, 0.3) is 6.10 Å². The molecular weight excluding hydrogens is 483 g/mol. The minimum Gasteiger partial charge on any atom is -0.463 e. The average molecular weight is 514 g/mol. The number of unbranched alkanes of at least 4 members (excludes halogenated alkanes) is 2. The summed E-state index contributed by atoms with van der Waals surface area (Å²) in [6, 6.07) is 17.9. The highest BCUT2D eigenvalue weighted by Crippen LogP contribution is 2.27. The van der Waals surface area contributed by atoms with E-state index in [1.807, 2.05) is 12.1 Å². The maximum Gasteiger partial charge on any atom is 0.436 e. The number of pyridine rings is 1. The van der Waals surface area contributed by atoms with Crippen LogP contribution in [0, 0.1) is 0 Å². The maximum atomic E-state index is 13.2. The van der Waals surface area contributed by atoms with Gasteiger partial charge in [0, 0.05) is 17.3 Å². The molecule has 37 heavy (non-hydrogen) atoms. The first-order chi connectivity index (χ1) is 17.7. The zero-order valence-electron chi connectivity index (χ0n) is 20.9. The Morgan fingerprint density at radius 2 is 1.49 bits per heavy atom. The summed E-state index contributed by atoms with van der Waals surface area (Å²) >= 11 is 0. The highest BCUT2D eigenvalue weighted by atomic mass is 19.4. The van der Waals surface area contributed by atoms with Crippen LogP contribution in [0.5, 0.6) is 0 Å². The van der Waals surface area contributed by atoms with Gasteiger partial charge in [-0.1, -0.05) is 69.2 Å². The van der Waals surface area contributed by atoms with E-state index in [0.29, 0.717) is 6.42 Å². The van der Waals surface area contributed by atoms with Crippen molar-refractivity contribution in [3.8, 4) is 22.4 Å². The Morgan fingerprint density at radius 3 is 2.05 bits per heavy atom. The average Bonchev–Trinajstić information content (AvgIpc) is 2.90. The lowest BCUT2D eigenvalue weighted by Crippen LogP contribution is -2.42. The van der Waals surface area contributed by atoms with Crippen LogP contribution in [-0.4, -0.2) is 35.8 Å². The number of hydrogen-bond acceptors (Lipinski definition) is 5. The van der Waals surface area contributed by atoms with Crippen molar-refractivity contribution >= 4 is 11.9 Å². The fraction of sp³-hybridized carbons (Fsp3) is 0.345. The Labute approximate surface area is 214 Å². The molecule has 3 rings (SSSR count). The summed E-state index contributed by atoms with van der Waals surface area (Å²) in [4.78, 5) is 28.5. The number of carbonyl (C=O) groups excluding carboxylic acids is 2. The van der Waals surface area contributed by atoms with Crippen LogP contribution in [0.25, 0.3) is 22.4 Å². The number of carbonyl (C=O) groups is 2. The van der Waals surface area contributed by atoms with Gasteiger partial charge in [-0.25, -0.2) is 9.59 Å². The summed E-state index contributed by atoms with van der Waals surface area (Å²) in [6.07, 6.45) is -1.38. The van der Waals surface area contributed by atoms with Crippen molar-refractivity contribution in [1.29, 1.82) is 0 Å². The van der Waals surface area contributed by atoms with E-state index in [2.05, 4.69) is 45.6 Å². The number of esters is 2. The van der Waals surface area contributed by atoms with Crippen molar-refractivity contribution in [2.24, 2.45) is 0 Å². The Bertz CT molecular complexity index is 1160. The molecule has 0 N–H and O–H groups in total. The van der Waals surface area contributed by atoms with E-state index in [9.17, 15) is 22.8 Å². The molecule has 0 fully saturated rings. The van der Waals surface area contributed by atoms with Crippen LogP contribution >= 0.6 is 0 Å². The van der Waals surface area contributed by atoms with E-state index >= 15 is 0 Å². The molecule has 1 unspecified atom stereocenters. The first kappa shape index (κ1) is 27.9. The van der Waals surface area contributed by atoms with Crippen molar-refractivity contribution in [2.75, 3.05) is 6.61 Å². The molecule has 2 aromatic carbocycles. The number of hydrogen-bond donors (Lipinski definition) is 0. The minimum atomic E-state index is -5.08. The predicted molar refractivity (Wildman–Crippen MR) is 135 cm³/mol. The number of aryl methyl sites for hydroxylation is 1. The largest absolute Gasteiger partial charge is 0.463 e. The van der Waals surface area contributed by atoms with Crippen LogP contribution in [0.2, 0.25) is 0 Å². The van der Waals surface area contributed by atoms with Crippen molar-refractivity contribution < 1.29 is 32.2 Å². The summed E-state index contributed by atoms with van der Waals surface area (Å²) in [5.41, 5.74) is 4.49. The normalized spacial score (nSPS) is 12.1. The summed E-state index contributed by atoms with van der Waals surface area (Å²) in [6.45, 7) is 3.62. The molecule has 0 amide bonds. The van der Waals surface area contributed by atoms with Gasteiger partial charge in [0.2, 0.25) is 0 Å². The molecule has 1 aromatic heterocycles. The van der Waals surface area contributed by atoms with Gasteiger partial charge >= 0.3 is 18.1 Å². The molecule has 5 nitrogen and oxygen atoms in total. The van der Waals surface area contributed by atoms with E-state index in [1.54, 1.807) is 25.3 Å². The van der Waals surface area contributed by atoms with Crippen molar-refractivity contribution in [1.82, 2.24) is 4.98 Å². The number of ether oxygens (including phenoxy) is 2. The van der Waals surface area contributed by atoms with Crippen LogP contribution in [0.3, 0.4) is 0 Å². The van der Waals surface area contributed by atoms with Gasteiger partial charge in [0.15, 0.2) is 0 Å². The van der Waals surface area contributed by atoms with E-state index in [0.717, 1.165) is 28.8 Å². The second-order valence-corrected chi connectivity index (χ2v) is 8.66. The first-order valence-electron chi connectivity index (χ1n) is 12.3. The molecule has 0 saturated carbocycles. The number of rotatable bonds is 11. The van der Waals surface area contributed by atoms with Crippen LogP contribution in [0.4, 0.5) is 13.2 Å². The predicted octanol–water partition coefficient (Wildman–Crippen LogP) is 7.19. The topological polar surface area (TPSA) is 65.5 Å². The van der Waals surface area contributed by atoms with E-state index in [1.165, 1.54) is 37.0 Å². The lowest BCUT2D eigenvalue weighted by atomic mass is 10.0. The number of alkyl halides is 3. The SMILES string of the molecule is CCCCCc1ccc(-c2ccc(-c3ccc(C(=O)OC(C(=O)OCCC)C(F)(F)F)cc3)cn2)cc1. The maximum absolute atomic E-state index is 13.2. The van der Waals surface area contributed by atoms with Crippen LogP contribution in [-0.2, 0) is 20.7 Å². The number of nitrogens with zero attached hydrogens (tertiary/aromatic N) is 1. The zero-order valence-corrected chi connectivity index (χ0v) is 20.9. The second kappa shape index (κ2) is 13.0. The zero-order chi connectivity index (χ0) is 26.8. The summed E-state index contributed by atoms with van der Waals surface area (Å²) < 4.78 is 48.6. The summed E-state index contributed by atoms with van der Waals surface area (Å²) in [7, 11) is 0. The molecule has 0 saturated heterocycles. The fourth-order valence-electron chi connectivity index (χ4n) is 3.66. The summed E-state index contributed by atoms with van der Waals surface area (Å²) in [5.74, 6) is -2.91. The van der Waals surface area contributed by atoms with Gasteiger partial charge in [-0.2, -0.15) is 13.2 Å². The van der Waals surface area contributed by atoms with E-state index in [4.69, 9.17) is 0 Å². The Kier molecular flexibility index (Phi) is 9.83. The highest BCUT2D eigenvalue weighted by molar-refractivity contribution is 5.92. The molecule has 0 radical (unpaired) electrons. The Balaban J connectivity index is 1.66. The van der Waals surface area contributed by atoms with Gasteiger partial charge in [0.1, 0.15) is 0 Å². The third kappa shape index (κ3) is 7.90. The standard InChI is InChI=1S/C29H30F3NO4/c1-3-5-6-7-20-8-10-22(11-9-20)25-17-16-24(19-33-25)21-12-14-23(15-13-21)27(34)37-26(29(30,31)32)28(35)36-18-4-2/h8-17,19,26H,3-7,18H2,1-2H3. The number of halogens is 3. The first-order valence-corrected chi connectivity index (χ1v) is 12.3. The number of benzene rings is 2. The molecule has 0 aliphatic rings. The molecule has 0 aliphatic carbocycles. The smallest absolute Gasteiger partial charge is 0.436 e. The molecule has 1 heterocycles. The quantitative estimate of drug-likeness (QED) is 0.201. The van der Waals surface area contributed by atoms with Crippen LogP contribution in [0.1, 0.15) is 55.5 Å². The lowest BCUT2D eigenvalue weighted by Gasteiger charge is -2.19. The third-order valence-electron chi connectivity index (χ3n) is 5.72. The molecule has 3 aromatic rings. The lowest BCUT2D eigenvalue weighted by molar-refractivity contribution is -0.218. The Hall–Kier alpha value is -3.68. The third-order valence-corrected chi connectivity index (χ3v) is 5.72. The summed E-state index contributed by atoms with van der Waals surface area (Å²) in [5, 5.41) is 0. The van der Waals surface area contributed by atoms with Gasteiger partial charge in [-0.05, 0) is 48.6 Å². The van der Waals surface area contributed by atoms with Gasteiger partial charge < -0.3 is 9.47 Å². The second-order valence-electron chi connectivity index (χ2n) is 8.66. The van der Waals surface area contributed by atoms with Gasteiger partial charge in [-0.3, -0.25) is 4.98 Å². The minimum absolute atomic E-state index is 0.120. The molecule has 1 atom stereocenters. The van der Waals surface area contributed by atoms with Crippen molar-refractivity contribution in [2.45, 2.75) is 58.2 Å². The Morgan fingerprint density at radius 1 is 0.838 bits per heavy atom. The highest BCUT2D eigenvalue weighted by Gasteiger charge is 2.49. The van der Waals surface area contributed by atoms with E-state index < -0.39 is 24.2 Å². The van der Waals surface area contributed by atoms with Gasteiger partial charge in [-0.15, -0.1) is 0 Å². The molecule has 0 aliphatic heterocycles. The molecule has 8 heteroatoms. The van der Waals surface area contributed by atoms with Gasteiger partial charge in [0.05, 0.1) is 17.9 Å². The molecule has 0 spiro atoms. The molecule has 0 bridgehead atoms. The number of aromatic nitrogens is 1. The van der Waals surface area contributed by atoms with E-state index in [-0.39, 0.29) is 12.2 Å². The molecule has 196 valence electrons. The van der Waals surface area contributed by atoms with Crippen molar-refractivity contribution in [3.05, 3.63) is 78.0 Å². The fourth-order valence-corrected chi connectivity index (χ4v) is 3.66. The van der Waals surface area contributed by atoms with Crippen LogP contribution < -0.4 is 0 Å². The molecular formula is C29H30F3NO4.